The van der Waals surface area contributed by atoms with Gasteiger partial charge in [-0.05, 0) is 36.5 Å². The zero-order valence-electron chi connectivity index (χ0n) is 16.7. The first-order valence-electron chi connectivity index (χ1n) is 9.74. The SMILES string of the molecule is CC1CC(C)CN(S(=O)(=O)c2cccc(C(=O)Nc3cc4c(cc3Cl)OCO4)c2)C1. The van der Waals surface area contributed by atoms with Crippen LogP contribution in [0.4, 0.5) is 5.69 Å². The molecule has 2 aromatic carbocycles. The van der Waals surface area contributed by atoms with Crippen molar-refractivity contribution >= 4 is 33.2 Å². The Kier molecular flexibility index (Phi) is 5.65. The molecule has 1 N–H and O–H groups in total. The summed E-state index contributed by atoms with van der Waals surface area (Å²) in [7, 11) is -3.68. The molecule has 0 aromatic heterocycles. The van der Waals surface area contributed by atoms with E-state index < -0.39 is 15.9 Å². The van der Waals surface area contributed by atoms with Crippen molar-refractivity contribution in [3.63, 3.8) is 0 Å². The largest absolute Gasteiger partial charge is 0.454 e. The minimum atomic E-state index is -3.68. The van der Waals surface area contributed by atoms with Crippen molar-refractivity contribution in [3.8, 4) is 11.5 Å². The Morgan fingerprint density at radius 2 is 1.77 bits per heavy atom. The molecule has 2 aliphatic heterocycles. The van der Waals surface area contributed by atoms with Crippen molar-refractivity contribution in [2.75, 3.05) is 25.2 Å². The molecular formula is C21H23ClN2O5S. The van der Waals surface area contributed by atoms with Gasteiger partial charge in [0.15, 0.2) is 11.5 Å². The predicted octanol–water partition coefficient (Wildman–Crippen LogP) is 3.99. The molecular weight excluding hydrogens is 428 g/mol. The third-order valence-electron chi connectivity index (χ3n) is 5.28. The fourth-order valence-corrected chi connectivity index (χ4v) is 5.88. The standard InChI is InChI=1S/C21H23ClN2O5S/c1-13-6-14(2)11-24(10-13)30(26,27)16-5-3-4-15(7-16)21(25)23-18-9-20-19(8-17(18)22)28-12-29-20/h3-5,7-9,13-14H,6,10-12H2,1-2H3,(H,23,25). The number of hydrogen-bond acceptors (Lipinski definition) is 5. The molecule has 2 unspecified atom stereocenters. The number of carbonyl (C=O) groups excluding carboxylic acids is 1. The van der Waals surface area contributed by atoms with Gasteiger partial charge in [-0.1, -0.05) is 31.5 Å². The second-order valence-electron chi connectivity index (χ2n) is 7.94. The van der Waals surface area contributed by atoms with E-state index in [1.807, 2.05) is 0 Å². The van der Waals surface area contributed by atoms with Crippen LogP contribution in [0.3, 0.4) is 0 Å². The number of halogens is 1. The predicted molar refractivity (Wildman–Crippen MR) is 114 cm³/mol. The Morgan fingerprint density at radius 1 is 1.10 bits per heavy atom. The van der Waals surface area contributed by atoms with Gasteiger partial charge in [-0.15, -0.1) is 0 Å². The zero-order valence-corrected chi connectivity index (χ0v) is 18.3. The number of nitrogens with one attached hydrogen (secondary N) is 1. The van der Waals surface area contributed by atoms with Gasteiger partial charge in [-0.2, -0.15) is 4.31 Å². The lowest BCUT2D eigenvalue weighted by atomic mass is 9.94. The van der Waals surface area contributed by atoms with E-state index in [1.165, 1.54) is 16.4 Å². The van der Waals surface area contributed by atoms with Crippen LogP contribution >= 0.6 is 11.6 Å². The summed E-state index contributed by atoms with van der Waals surface area (Å²) in [6.45, 7) is 5.16. The molecule has 0 spiro atoms. The van der Waals surface area contributed by atoms with Gasteiger partial charge in [0.05, 0.1) is 15.6 Å². The Bertz CT molecular complexity index is 1080. The van der Waals surface area contributed by atoms with E-state index in [9.17, 15) is 13.2 Å². The molecule has 1 saturated heterocycles. The van der Waals surface area contributed by atoms with Crippen LogP contribution in [0.15, 0.2) is 41.3 Å². The normalized spacial score (nSPS) is 21.4. The highest BCUT2D eigenvalue weighted by molar-refractivity contribution is 7.89. The second-order valence-corrected chi connectivity index (χ2v) is 10.3. The summed E-state index contributed by atoms with van der Waals surface area (Å²) < 4.78 is 38.4. The molecule has 2 heterocycles. The van der Waals surface area contributed by atoms with Crippen molar-refractivity contribution in [1.29, 1.82) is 0 Å². The Balaban J connectivity index is 1.57. The lowest BCUT2D eigenvalue weighted by Gasteiger charge is -2.34. The van der Waals surface area contributed by atoms with Crippen LogP contribution in [-0.4, -0.2) is 38.5 Å². The van der Waals surface area contributed by atoms with E-state index >= 15 is 0 Å². The monoisotopic (exact) mass is 450 g/mol. The van der Waals surface area contributed by atoms with Crippen molar-refractivity contribution < 1.29 is 22.7 Å². The molecule has 2 aliphatic rings. The topological polar surface area (TPSA) is 84.9 Å². The quantitative estimate of drug-likeness (QED) is 0.761. The summed E-state index contributed by atoms with van der Waals surface area (Å²) in [5, 5.41) is 3.01. The van der Waals surface area contributed by atoms with E-state index in [0.717, 1.165) is 6.42 Å². The number of amides is 1. The van der Waals surface area contributed by atoms with Gasteiger partial charge in [0.1, 0.15) is 0 Å². The number of nitrogens with zero attached hydrogens (tertiary/aromatic N) is 1. The molecule has 7 nitrogen and oxygen atoms in total. The number of rotatable bonds is 4. The molecule has 160 valence electrons. The summed E-state index contributed by atoms with van der Waals surface area (Å²) in [6.07, 6.45) is 1.00. The highest BCUT2D eigenvalue weighted by Gasteiger charge is 2.32. The zero-order chi connectivity index (χ0) is 21.5. The van der Waals surface area contributed by atoms with E-state index in [2.05, 4.69) is 19.2 Å². The van der Waals surface area contributed by atoms with Gasteiger partial charge in [0, 0.05) is 30.8 Å². The fourth-order valence-electron chi connectivity index (χ4n) is 3.96. The summed E-state index contributed by atoms with van der Waals surface area (Å²) >= 11 is 6.22. The first kappa shape index (κ1) is 21.0. The molecule has 9 heteroatoms. The number of piperidine rings is 1. The number of fused-ring (bicyclic) bond motifs is 1. The smallest absolute Gasteiger partial charge is 0.255 e. The average molecular weight is 451 g/mol. The van der Waals surface area contributed by atoms with Crippen LogP contribution in [0.1, 0.15) is 30.6 Å². The van der Waals surface area contributed by atoms with Crippen LogP contribution in [0.5, 0.6) is 11.5 Å². The summed E-state index contributed by atoms with van der Waals surface area (Å²) in [4.78, 5) is 12.9. The van der Waals surface area contributed by atoms with Crippen LogP contribution in [-0.2, 0) is 10.0 Å². The molecule has 0 aliphatic carbocycles. The van der Waals surface area contributed by atoms with Gasteiger partial charge < -0.3 is 14.8 Å². The number of sulfonamides is 1. The third kappa shape index (κ3) is 4.12. The molecule has 1 fully saturated rings. The molecule has 1 amide bonds. The maximum absolute atomic E-state index is 13.1. The van der Waals surface area contributed by atoms with Gasteiger partial charge in [0.25, 0.3) is 5.91 Å². The lowest BCUT2D eigenvalue weighted by Crippen LogP contribution is -2.42. The maximum Gasteiger partial charge on any atom is 0.255 e. The molecule has 0 radical (unpaired) electrons. The van der Waals surface area contributed by atoms with E-state index in [0.29, 0.717) is 47.1 Å². The van der Waals surface area contributed by atoms with Crippen molar-refractivity contribution in [2.24, 2.45) is 11.8 Å². The Hall–Kier alpha value is -2.29. The Morgan fingerprint density at radius 3 is 2.47 bits per heavy atom. The summed E-state index contributed by atoms with van der Waals surface area (Å²) in [5.74, 6) is 1.12. The van der Waals surface area contributed by atoms with Gasteiger partial charge in [-0.25, -0.2) is 8.42 Å². The number of carbonyl (C=O) groups is 1. The van der Waals surface area contributed by atoms with Gasteiger partial charge >= 0.3 is 0 Å². The molecule has 0 bridgehead atoms. The highest BCUT2D eigenvalue weighted by Crippen LogP contribution is 2.39. The maximum atomic E-state index is 13.1. The molecule has 2 aromatic rings. The third-order valence-corrected chi connectivity index (χ3v) is 7.42. The van der Waals surface area contributed by atoms with Gasteiger partial charge in [0.2, 0.25) is 16.8 Å². The van der Waals surface area contributed by atoms with Crippen LogP contribution in [0.25, 0.3) is 0 Å². The number of anilines is 1. The molecule has 4 rings (SSSR count). The number of benzene rings is 2. The van der Waals surface area contributed by atoms with Gasteiger partial charge in [-0.3, -0.25) is 4.79 Å². The summed E-state index contributed by atoms with van der Waals surface area (Å²) in [5.41, 5.74) is 0.584. The van der Waals surface area contributed by atoms with E-state index in [-0.39, 0.29) is 17.3 Å². The first-order chi connectivity index (χ1) is 14.2. The molecule has 30 heavy (non-hydrogen) atoms. The fraction of sp³-hybridized carbons (Fsp3) is 0.381. The number of ether oxygens (including phenoxy) is 2. The summed E-state index contributed by atoms with van der Waals surface area (Å²) in [6, 6.07) is 9.20. The van der Waals surface area contributed by atoms with Crippen molar-refractivity contribution in [3.05, 3.63) is 47.0 Å². The van der Waals surface area contributed by atoms with Crippen LogP contribution < -0.4 is 14.8 Å². The van der Waals surface area contributed by atoms with E-state index in [4.69, 9.17) is 21.1 Å². The van der Waals surface area contributed by atoms with Crippen LogP contribution in [0.2, 0.25) is 5.02 Å². The first-order valence-corrected chi connectivity index (χ1v) is 11.6. The molecule has 2 atom stereocenters. The minimum Gasteiger partial charge on any atom is -0.454 e. The minimum absolute atomic E-state index is 0.0939. The highest BCUT2D eigenvalue weighted by atomic mass is 35.5. The lowest BCUT2D eigenvalue weighted by molar-refractivity contribution is 0.102. The number of hydrogen-bond donors (Lipinski definition) is 1. The van der Waals surface area contributed by atoms with Crippen LogP contribution in [0, 0.1) is 11.8 Å². The Labute approximate surface area is 181 Å². The van der Waals surface area contributed by atoms with Crippen molar-refractivity contribution in [1.82, 2.24) is 4.31 Å². The average Bonchev–Trinajstić information content (AvgIpc) is 3.14. The molecule has 0 saturated carbocycles. The van der Waals surface area contributed by atoms with E-state index in [1.54, 1.807) is 24.3 Å². The van der Waals surface area contributed by atoms with Crippen molar-refractivity contribution in [2.45, 2.75) is 25.2 Å². The second kappa shape index (κ2) is 8.09.